The highest BCUT2D eigenvalue weighted by molar-refractivity contribution is 5.41. The van der Waals surface area contributed by atoms with Crippen molar-refractivity contribution in [3.8, 4) is 0 Å². The van der Waals surface area contributed by atoms with E-state index in [0.29, 0.717) is 5.41 Å². The van der Waals surface area contributed by atoms with Gasteiger partial charge in [0.05, 0.1) is 0 Å². The summed E-state index contributed by atoms with van der Waals surface area (Å²) < 4.78 is 0. The van der Waals surface area contributed by atoms with E-state index in [9.17, 15) is 0 Å². The summed E-state index contributed by atoms with van der Waals surface area (Å²) >= 11 is 0. The Bertz CT molecular complexity index is 439. The lowest BCUT2D eigenvalue weighted by Crippen LogP contribution is -2.44. The van der Waals surface area contributed by atoms with E-state index in [0.717, 1.165) is 11.8 Å². The highest BCUT2D eigenvalue weighted by Gasteiger charge is 2.48. The molecule has 1 aromatic rings. The minimum absolute atomic E-state index is 0.589. The van der Waals surface area contributed by atoms with Crippen LogP contribution in [0.3, 0.4) is 0 Å². The third-order valence-corrected chi connectivity index (χ3v) is 6.14. The van der Waals surface area contributed by atoms with Gasteiger partial charge in [0.15, 0.2) is 0 Å². The fourth-order valence-corrected chi connectivity index (χ4v) is 5.36. The van der Waals surface area contributed by atoms with Gasteiger partial charge in [-0.2, -0.15) is 0 Å². The molecule has 2 atom stereocenters. The Morgan fingerprint density at radius 2 is 1.72 bits per heavy atom. The van der Waals surface area contributed by atoms with E-state index < -0.39 is 0 Å². The lowest BCUT2D eigenvalue weighted by Gasteiger charge is -2.52. The summed E-state index contributed by atoms with van der Waals surface area (Å²) in [5, 5.41) is 0. The summed E-state index contributed by atoms with van der Waals surface area (Å²) in [7, 11) is 0. The molecule has 3 aliphatic rings. The number of hydrogen-bond acceptors (Lipinski definition) is 0. The van der Waals surface area contributed by atoms with Gasteiger partial charge in [-0.25, -0.2) is 0 Å². The first-order chi connectivity index (χ1) is 8.90. The highest BCUT2D eigenvalue weighted by Crippen LogP contribution is 2.58. The van der Waals surface area contributed by atoms with Gasteiger partial charge >= 0.3 is 0 Å². The zero-order chi connectivity index (χ0) is 12.0. The van der Waals surface area contributed by atoms with E-state index >= 15 is 0 Å². The van der Waals surface area contributed by atoms with Crippen LogP contribution in [0.4, 0.5) is 0 Å². The second kappa shape index (κ2) is 4.11. The normalized spacial score (nSPS) is 33.1. The molecule has 0 saturated heterocycles. The Balaban J connectivity index is 1.87. The molecule has 2 unspecified atom stereocenters. The van der Waals surface area contributed by atoms with Crippen LogP contribution >= 0.6 is 0 Å². The van der Waals surface area contributed by atoms with E-state index in [1.807, 2.05) is 0 Å². The molecule has 0 radical (unpaired) electrons. The SMILES string of the molecule is c1ccc2c(c1)C1CCCC(C1)C21CCCCC1. The van der Waals surface area contributed by atoms with Crippen molar-refractivity contribution in [1.29, 1.82) is 0 Å². The fourth-order valence-electron chi connectivity index (χ4n) is 5.36. The molecule has 96 valence electrons. The molecule has 0 heterocycles. The Kier molecular flexibility index (Phi) is 2.53. The number of rotatable bonds is 0. The fraction of sp³-hybridized carbons (Fsp3) is 0.667. The van der Waals surface area contributed by atoms with Gasteiger partial charge in [0.2, 0.25) is 0 Å². The van der Waals surface area contributed by atoms with Crippen molar-refractivity contribution in [3.63, 3.8) is 0 Å². The van der Waals surface area contributed by atoms with Crippen molar-refractivity contribution in [2.24, 2.45) is 5.92 Å². The molecule has 2 saturated carbocycles. The molecule has 4 rings (SSSR count). The summed E-state index contributed by atoms with van der Waals surface area (Å²) in [5.74, 6) is 1.90. The molecule has 1 aromatic carbocycles. The maximum absolute atomic E-state index is 2.48. The molecule has 1 spiro atoms. The molecule has 0 heteroatoms. The Morgan fingerprint density at radius 1 is 0.889 bits per heavy atom. The van der Waals surface area contributed by atoms with Crippen LogP contribution in [0.1, 0.15) is 74.8 Å². The standard InChI is InChI=1S/C18H24/c1-4-11-18(12-5-1)15-8-6-7-14(13-15)16-9-2-3-10-17(16)18/h2-3,9-10,14-15H,1,4-8,11-13H2. The first kappa shape index (κ1) is 11.1. The van der Waals surface area contributed by atoms with E-state index in [-0.39, 0.29) is 0 Å². The van der Waals surface area contributed by atoms with E-state index in [1.54, 1.807) is 11.1 Å². The molecule has 0 nitrogen and oxygen atoms in total. The van der Waals surface area contributed by atoms with Crippen LogP contribution in [-0.2, 0) is 5.41 Å². The van der Waals surface area contributed by atoms with Crippen LogP contribution < -0.4 is 0 Å². The van der Waals surface area contributed by atoms with Crippen LogP contribution in [0.25, 0.3) is 0 Å². The minimum Gasteiger partial charge on any atom is -0.0620 e. The topological polar surface area (TPSA) is 0 Å². The monoisotopic (exact) mass is 240 g/mol. The first-order valence-corrected chi connectivity index (χ1v) is 7.99. The average molecular weight is 240 g/mol. The number of benzene rings is 1. The smallest absolute Gasteiger partial charge is 0.00157 e. The second-order valence-corrected chi connectivity index (χ2v) is 6.86. The zero-order valence-electron chi connectivity index (χ0n) is 11.3. The van der Waals surface area contributed by atoms with Crippen molar-refractivity contribution in [3.05, 3.63) is 35.4 Å². The van der Waals surface area contributed by atoms with Crippen LogP contribution in [0.2, 0.25) is 0 Å². The van der Waals surface area contributed by atoms with Crippen molar-refractivity contribution in [2.45, 2.75) is 69.1 Å². The molecule has 2 fully saturated rings. The van der Waals surface area contributed by atoms with Crippen molar-refractivity contribution >= 4 is 0 Å². The number of hydrogen-bond donors (Lipinski definition) is 0. The third-order valence-electron chi connectivity index (χ3n) is 6.14. The first-order valence-electron chi connectivity index (χ1n) is 7.99. The summed E-state index contributed by atoms with van der Waals surface area (Å²) in [6.45, 7) is 0. The van der Waals surface area contributed by atoms with Gasteiger partial charge in [-0.1, -0.05) is 49.9 Å². The van der Waals surface area contributed by atoms with E-state index in [2.05, 4.69) is 24.3 Å². The lowest BCUT2D eigenvalue weighted by atomic mass is 9.52. The quantitative estimate of drug-likeness (QED) is 0.586. The molecule has 2 bridgehead atoms. The molecule has 0 aromatic heterocycles. The van der Waals surface area contributed by atoms with Crippen LogP contribution in [-0.4, -0.2) is 0 Å². The molecule has 0 N–H and O–H groups in total. The molecular weight excluding hydrogens is 216 g/mol. The number of fused-ring (bicyclic) bond motifs is 6. The maximum atomic E-state index is 2.48. The van der Waals surface area contributed by atoms with Gasteiger partial charge in [-0.05, 0) is 60.5 Å². The van der Waals surface area contributed by atoms with Crippen molar-refractivity contribution < 1.29 is 0 Å². The summed E-state index contributed by atoms with van der Waals surface area (Å²) in [4.78, 5) is 0. The van der Waals surface area contributed by atoms with Gasteiger partial charge in [-0.15, -0.1) is 0 Å². The second-order valence-electron chi connectivity index (χ2n) is 6.86. The zero-order valence-corrected chi connectivity index (χ0v) is 11.3. The van der Waals surface area contributed by atoms with Crippen molar-refractivity contribution in [1.82, 2.24) is 0 Å². The van der Waals surface area contributed by atoms with Gasteiger partial charge in [-0.3, -0.25) is 0 Å². The molecule has 0 amide bonds. The predicted octanol–water partition coefficient (Wildman–Crippen LogP) is 5.18. The largest absolute Gasteiger partial charge is 0.0620 e. The van der Waals surface area contributed by atoms with Crippen LogP contribution in [0.5, 0.6) is 0 Å². The van der Waals surface area contributed by atoms with E-state index in [1.165, 1.54) is 57.8 Å². The highest BCUT2D eigenvalue weighted by atomic mass is 14.5. The van der Waals surface area contributed by atoms with Crippen LogP contribution in [0.15, 0.2) is 24.3 Å². The lowest BCUT2D eigenvalue weighted by molar-refractivity contribution is 0.119. The molecule has 0 aliphatic heterocycles. The van der Waals surface area contributed by atoms with Crippen LogP contribution in [0, 0.1) is 5.92 Å². The third kappa shape index (κ3) is 1.44. The summed E-state index contributed by atoms with van der Waals surface area (Å²) in [5.41, 5.74) is 4.09. The van der Waals surface area contributed by atoms with Gasteiger partial charge in [0, 0.05) is 0 Å². The van der Waals surface area contributed by atoms with Crippen molar-refractivity contribution in [2.75, 3.05) is 0 Å². The van der Waals surface area contributed by atoms with Gasteiger partial charge < -0.3 is 0 Å². The Morgan fingerprint density at radius 3 is 2.61 bits per heavy atom. The predicted molar refractivity (Wildman–Crippen MR) is 75.9 cm³/mol. The Hall–Kier alpha value is -0.780. The summed E-state index contributed by atoms with van der Waals surface area (Å²) in [6.07, 6.45) is 13.3. The maximum Gasteiger partial charge on any atom is -0.00157 e. The van der Waals surface area contributed by atoms with Gasteiger partial charge in [0.1, 0.15) is 0 Å². The minimum atomic E-state index is 0.589. The molecular formula is C18H24. The molecule has 3 aliphatic carbocycles. The summed E-state index contributed by atoms with van der Waals surface area (Å²) in [6, 6.07) is 9.48. The Labute approximate surface area is 111 Å². The van der Waals surface area contributed by atoms with Gasteiger partial charge in [0.25, 0.3) is 0 Å². The molecule has 18 heavy (non-hydrogen) atoms. The average Bonchev–Trinajstić information content (AvgIpc) is 2.47. The van der Waals surface area contributed by atoms with E-state index in [4.69, 9.17) is 0 Å².